The molecular weight excluding hydrogens is 501 g/mol. The van der Waals surface area contributed by atoms with Gasteiger partial charge in [-0.25, -0.2) is 8.78 Å². The third kappa shape index (κ3) is 6.65. The first kappa shape index (κ1) is 25.1. The van der Waals surface area contributed by atoms with Crippen molar-refractivity contribution in [3.8, 4) is 0 Å². The Morgan fingerprint density at radius 2 is 1.93 bits per heavy atom. The van der Waals surface area contributed by atoms with E-state index in [1.54, 1.807) is 7.05 Å². The van der Waals surface area contributed by atoms with Crippen LogP contribution in [0.3, 0.4) is 0 Å². The van der Waals surface area contributed by atoms with E-state index in [1.807, 2.05) is 4.90 Å². The number of aliphatic imine (C=N–C) groups is 1. The highest BCUT2D eigenvalue weighted by Crippen LogP contribution is 2.24. The lowest BCUT2D eigenvalue weighted by Gasteiger charge is -2.37. The summed E-state index contributed by atoms with van der Waals surface area (Å²) in [5.74, 6) is -0.282. The summed E-state index contributed by atoms with van der Waals surface area (Å²) in [5.41, 5.74) is 0.457. The molecule has 0 saturated carbocycles. The summed E-state index contributed by atoms with van der Waals surface area (Å²) in [4.78, 5) is 11.3. The van der Waals surface area contributed by atoms with Gasteiger partial charge in [0.05, 0.1) is 5.69 Å². The Hall–Kier alpha value is -1.20. The summed E-state index contributed by atoms with van der Waals surface area (Å²) < 4.78 is 27.2. The van der Waals surface area contributed by atoms with Crippen molar-refractivity contribution in [1.29, 1.82) is 0 Å². The smallest absolute Gasteiger partial charge is 0.191 e. The molecule has 2 aliphatic rings. The Bertz CT molecular complexity index is 696. The molecule has 2 atom stereocenters. The Labute approximate surface area is 196 Å². The van der Waals surface area contributed by atoms with Gasteiger partial charge in [-0.2, -0.15) is 0 Å². The number of hydrogen-bond acceptors (Lipinski definition) is 4. The lowest BCUT2D eigenvalue weighted by molar-refractivity contribution is 0.107. The zero-order valence-corrected chi connectivity index (χ0v) is 20.5. The maximum atomic E-state index is 14.0. The number of likely N-dealkylation sites (N-methyl/N-ethyl adjacent to an activating group) is 1. The predicted molar refractivity (Wildman–Crippen MR) is 130 cm³/mol. The lowest BCUT2D eigenvalue weighted by Crippen LogP contribution is -2.53. The first-order chi connectivity index (χ1) is 14.0. The Balaban J connectivity index is 0.00000320. The van der Waals surface area contributed by atoms with Crippen molar-refractivity contribution in [2.24, 2.45) is 4.99 Å². The molecule has 6 nitrogen and oxygen atoms in total. The average molecular weight is 536 g/mol. The molecule has 30 heavy (non-hydrogen) atoms. The second kappa shape index (κ2) is 12.0. The number of hydrogen-bond donors (Lipinski definition) is 2. The third-order valence-corrected chi connectivity index (χ3v) is 6.05. The van der Waals surface area contributed by atoms with E-state index in [0.29, 0.717) is 18.3 Å². The molecule has 3 rings (SSSR count). The van der Waals surface area contributed by atoms with Crippen molar-refractivity contribution in [1.82, 2.24) is 20.4 Å². The van der Waals surface area contributed by atoms with Crippen LogP contribution in [0.15, 0.2) is 23.2 Å². The van der Waals surface area contributed by atoms with E-state index in [4.69, 9.17) is 0 Å². The number of guanidine groups is 1. The van der Waals surface area contributed by atoms with Crippen LogP contribution in [0.4, 0.5) is 14.5 Å². The molecular formula is C21H35F2IN6. The molecule has 2 aliphatic heterocycles. The molecule has 0 radical (unpaired) electrons. The molecule has 0 bridgehead atoms. The van der Waals surface area contributed by atoms with Gasteiger partial charge in [0.2, 0.25) is 0 Å². The van der Waals surface area contributed by atoms with E-state index in [-0.39, 0.29) is 30.0 Å². The standard InChI is InChI=1S/C21H34F2N6.HI/c1-4-27-9-11-28(12-10-27)16(2)14-25-21(24-3)26-18-7-8-29(15-18)20-6-5-17(22)13-19(20)23;/h5-6,13,16,18H,4,7-12,14-15H2,1-3H3,(H2,24,25,26);1H. The Kier molecular flexibility index (Phi) is 10.0. The van der Waals surface area contributed by atoms with Crippen molar-refractivity contribution in [2.45, 2.75) is 32.4 Å². The van der Waals surface area contributed by atoms with E-state index >= 15 is 0 Å². The van der Waals surface area contributed by atoms with E-state index in [9.17, 15) is 8.78 Å². The van der Waals surface area contributed by atoms with Crippen molar-refractivity contribution in [2.75, 3.05) is 64.3 Å². The van der Waals surface area contributed by atoms with E-state index < -0.39 is 11.6 Å². The minimum absolute atomic E-state index is 0. The Morgan fingerprint density at radius 3 is 2.57 bits per heavy atom. The number of anilines is 1. The van der Waals surface area contributed by atoms with Crippen LogP contribution in [0.25, 0.3) is 0 Å². The van der Waals surface area contributed by atoms with Crippen LogP contribution < -0.4 is 15.5 Å². The fourth-order valence-corrected chi connectivity index (χ4v) is 4.12. The van der Waals surface area contributed by atoms with Gasteiger partial charge in [-0.15, -0.1) is 24.0 Å². The van der Waals surface area contributed by atoms with Crippen molar-refractivity contribution < 1.29 is 8.78 Å². The fraction of sp³-hybridized carbons (Fsp3) is 0.667. The number of piperazine rings is 1. The quantitative estimate of drug-likeness (QED) is 0.332. The van der Waals surface area contributed by atoms with Gasteiger partial charge in [-0.05, 0) is 32.0 Å². The summed E-state index contributed by atoms with van der Waals surface area (Å²) in [7, 11) is 1.77. The highest BCUT2D eigenvalue weighted by Gasteiger charge is 2.26. The molecule has 2 saturated heterocycles. The van der Waals surface area contributed by atoms with Crippen LogP contribution in [0, 0.1) is 11.6 Å². The first-order valence-corrected chi connectivity index (χ1v) is 10.6. The van der Waals surface area contributed by atoms with Gasteiger partial charge in [0, 0.05) is 71.0 Å². The zero-order valence-electron chi connectivity index (χ0n) is 18.2. The molecule has 9 heteroatoms. The number of nitrogens with one attached hydrogen (secondary N) is 2. The van der Waals surface area contributed by atoms with E-state index in [2.05, 4.69) is 39.3 Å². The predicted octanol–water partition coefficient (Wildman–Crippen LogP) is 2.35. The second-order valence-electron chi connectivity index (χ2n) is 7.94. The molecule has 1 aromatic carbocycles. The monoisotopic (exact) mass is 536 g/mol. The van der Waals surface area contributed by atoms with E-state index in [0.717, 1.165) is 64.3 Å². The number of halogens is 3. The minimum Gasteiger partial charge on any atom is -0.367 e. The second-order valence-corrected chi connectivity index (χ2v) is 7.94. The average Bonchev–Trinajstić information content (AvgIpc) is 3.19. The summed E-state index contributed by atoms with van der Waals surface area (Å²) in [6.45, 7) is 12.3. The number of nitrogens with zero attached hydrogens (tertiary/aromatic N) is 4. The molecule has 2 fully saturated rings. The van der Waals surface area contributed by atoms with Gasteiger partial charge in [0.15, 0.2) is 5.96 Å². The molecule has 2 N–H and O–H groups in total. The minimum atomic E-state index is -0.546. The van der Waals surface area contributed by atoms with Crippen LogP contribution >= 0.6 is 24.0 Å². The molecule has 0 amide bonds. The summed E-state index contributed by atoms with van der Waals surface area (Å²) >= 11 is 0. The van der Waals surface area contributed by atoms with Crippen molar-refractivity contribution in [3.05, 3.63) is 29.8 Å². The van der Waals surface area contributed by atoms with Gasteiger partial charge in [-0.1, -0.05) is 6.92 Å². The summed E-state index contributed by atoms with van der Waals surface area (Å²) in [5, 5.41) is 6.88. The molecule has 2 unspecified atom stereocenters. The summed E-state index contributed by atoms with van der Waals surface area (Å²) in [6, 6.07) is 4.37. The Morgan fingerprint density at radius 1 is 1.20 bits per heavy atom. The normalized spacial score (nSPS) is 22.0. The van der Waals surface area contributed by atoms with Gasteiger partial charge < -0.3 is 20.4 Å². The van der Waals surface area contributed by atoms with Crippen LogP contribution in [0.2, 0.25) is 0 Å². The molecule has 0 aliphatic carbocycles. The maximum Gasteiger partial charge on any atom is 0.191 e. The SMILES string of the molecule is CCN1CCN(C(C)CNC(=NC)NC2CCN(c3ccc(F)cc3F)C2)CC1.I. The topological polar surface area (TPSA) is 46.1 Å². The maximum absolute atomic E-state index is 14.0. The number of benzene rings is 1. The highest BCUT2D eigenvalue weighted by molar-refractivity contribution is 14.0. The van der Waals surface area contributed by atoms with E-state index in [1.165, 1.54) is 12.1 Å². The van der Waals surface area contributed by atoms with Gasteiger partial charge >= 0.3 is 0 Å². The fourth-order valence-electron chi connectivity index (χ4n) is 4.12. The zero-order chi connectivity index (χ0) is 20.8. The number of rotatable bonds is 6. The first-order valence-electron chi connectivity index (χ1n) is 10.6. The highest BCUT2D eigenvalue weighted by atomic mass is 127. The molecule has 0 aromatic heterocycles. The van der Waals surface area contributed by atoms with Crippen molar-refractivity contribution in [3.63, 3.8) is 0 Å². The largest absolute Gasteiger partial charge is 0.367 e. The van der Waals surface area contributed by atoms with Crippen LogP contribution in [-0.2, 0) is 0 Å². The van der Waals surface area contributed by atoms with Gasteiger partial charge in [0.1, 0.15) is 11.6 Å². The van der Waals surface area contributed by atoms with Crippen molar-refractivity contribution >= 4 is 35.6 Å². The molecule has 0 spiro atoms. The third-order valence-electron chi connectivity index (χ3n) is 6.05. The van der Waals surface area contributed by atoms with Crippen LogP contribution in [0.5, 0.6) is 0 Å². The van der Waals surface area contributed by atoms with Gasteiger partial charge in [-0.3, -0.25) is 9.89 Å². The van der Waals surface area contributed by atoms with Gasteiger partial charge in [0.25, 0.3) is 0 Å². The lowest BCUT2D eigenvalue weighted by atomic mass is 10.2. The molecule has 170 valence electrons. The summed E-state index contributed by atoms with van der Waals surface area (Å²) in [6.07, 6.45) is 0.881. The molecule has 2 heterocycles. The van der Waals surface area contributed by atoms with Crippen LogP contribution in [0.1, 0.15) is 20.3 Å². The van der Waals surface area contributed by atoms with Crippen LogP contribution in [-0.4, -0.2) is 87.2 Å². The molecule has 1 aromatic rings.